The largest absolute Gasteiger partial charge is 0.354 e. The van der Waals surface area contributed by atoms with Crippen molar-refractivity contribution < 1.29 is 14.0 Å². The average Bonchev–Trinajstić information content (AvgIpc) is 2.88. The molecule has 4 rings (SSSR count). The van der Waals surface area contributed by atoms with Crippen LogP contribution in [0.1, 0.15) is 51.6 Å². The van der Waals surface area contributed by atoms with Crippen LogP contribution in [-0.2, 0) is 5.67 Å². The number of nitrogens with one attached hydrogen (secondary N) is 2. The molecule has 0 radical (unpaired) electrons. The standard InChI is InChI=1S/C29H28FN5O2/c1-17-6-7-22(35-27(36)20-9-11-33-26(15-20)29(3,4)30)16-23(17)21-12-18(2)34-24(14-21)19-8-10-32-25(13-19)28(37)31-5/h6-16H,1-5H3,(H,31,37)(H,35,36). The molecule has 8 heteroatoms. The Bertz CT molecular complexity index is 1490. The Hall–Kier alpha value is -4.46. The molecule has 2 amide bonds. The Labute approximate surface area is 215 Å². The van der Waals surface area contributed by atoms with Crippen molar-refractivity contribution in [3.63, 3.8) is 0 Å². The fraction of sp³-hybridized carbons (Fsp3) is 0.207. The highest BCUT2D eigenvalue weighted by molar-refractivity contribution is 6.04. The van der Waals surface area contributed by atoms with Gasteiger partial charge in [0.1, 0.15) is 11.4 Å². The minimum Gasteiger partial charge on any atom is -0.354 e. The van der Waals surface area contributed by atoms with Crippen LogP contribution in [0.5, 0.6) is 0 Å². The van der Waals surface area contributed by atoms with Gasteiger partial charge in [0.2, 0.25) is 0 Å². The first-order chi connectivity index (χ1) is 17.5. The van der Waals surface area contributed by atoms with E-state index in [1.165, 1.54) is 26.1 Å². The molecule has 0 aliphatic rings. The molecule has 0 spiro atoms. The van der Waals surface area contributed by atoms with Crippen LogP contribution in [0.15, 0.2) is 67.0 Å². The second kappa shape index (κ2) is 10.3. The first-order valence-corrected chi connectivity index (χ1v) is 11.8. The maximum absolute atomic E-state index is 14.3. The molecule has 37 heavy (non-hydrogen) atoms. The van der Waals surface area contributed by atoms with Crippen molar-refractivity contribution in [3.05, 3.63) is 95.2 Å². The third-order valence-corrected chi connectivity index (χ3v) is 5.91. The summed E-state index contributed by atoms with van der Waals surface area (Å²) in [4.78, 5) is 37.8. The van der Waals surface area contributed by atoms with Crippen LogP contribution in [-0.4, -0.2) is 33.8 Å². The van der Waals surface area contributed by atoms with E-state index in [9.17, 15) is 14.0 Å². The quantitative estimate of drug-likeness (QED) is 0.359. The van der Waals surface area contributed by atoms with E-state index in [4.69, 9.17) is 0 Å². The molecule has 0 saturated carbocycles. The molecule has 0 fully saturated rings. The average molecular weight is 498 g/mol. The maximum Gasteiger partial charge on any atom is 0.269 e. The van der Waals surface area contributed by atoms with Crippen LogP contribution in [0.4, 0.5) is 10.1 Å². The van der Waals surface area contributed by atoms with Gasteiger partial charge in [-0.1, -0.05) is 6.07 Å². The first kappa shape index (κ1) is 25.6. The number of carbonyl (C=O) groups excluding carboxylic acids is 2. The van der Waals surface area contributed by atoms with Gasteiger partial charge >= 0.3 is 0 Å². The van der Waals surface area contributed by atoms with E-state index >= 15 is 0 Å². The number of rotatable bonds is 6. The van der Waals surface area contributed by atoms with E-state index in [2.05, 4.69) is 25.6 Å². The number of pyridine rings is 3. The van der Waals surface area contributed by atoms with E-state index in [-0.39, 0.29) is 17.5 Å². The summed E-state index contributed by atoms with van der Waals surface area (Å²) in [5, 5.41) is 5.49. The lowest BCUT2D eigenvalue weighted by Crippen LogP contribution is -2.19. The fourth-order valence-electron chi connectivity index (χ4n) is 3.92. The number of halogens is 1. The molecule has 7 nitrogen and oxygen atoms in total. The van der Waals surface area contributed by atoms with Crippen LogP contribution in [0, 0.1) is 13.8 Å². The summed E-state index contributed by atoms with van der Waals surface area (Å²) in [6.45, 7) is 6.70. The van der Waals surface area contributed by atoms with Gasteiger partial charge in [0, 0.05) is 41.9 Å². The van der Waals surface area contributed by atoms with Crippen molar-refractivity contribution in [2.75, 3.05) is 12.4 Å². The van der Waals surface area contributed by atoms with E-state index in [0.717, 1.165) is 27.9 Å². The number of anilines is 1. The molecule has 0 aliphatic carbocycles. The van der Waals surface area contributed by atoms with Gasteiger partial charge in [-0.05, 0) is 92.9 Å². The van der Waals surface area contributed by atoms with Crippen LogP contribution < -0.4 is 10.6 Å². The zero-order valence-corrected chi connectivity index (χ0v) is 21.4. The SMILES string of the molecule is CNC(=O)c1cc(-c2cc(-c3cc(NC(=O)c4ccnc(C(C)(C)F)c4)ccc3C)cc(C)n2)ccn1. The summed E-state index contributed by atoms with van der Waals surface area (Å²) in [5.41, 5.74) is 4.90. The topological polar surface area (TPSA) is 96.9 Å². The molecule has 0 bridgehead atoms. The lowest BCUT2D eigenvalue weighted by molar-refractivity contribution is 0.0957. The Morgan fingerprint density at radius 1 is 0.865 bits per heavy atom. The van der Waals surface area contributed by atoms with Crippen molar-refractivity contribution in [2.24, 2.45) is 0 Å². The third-order valence-electron chi connectivity index (χ3n) is 5.91. The fourth-order valence-corrected chi connectivity index (χ4v) is 3.92. The van der Waals surface area contributed by atoms with E-state index in [1.807, 2.05) is 50.2 Å². The Kier molecular flexibility index (Phi) is 7.11. The van der Waals surface area contributed by atoms with Crippen molar-refractivity contribution in [1.82, 2.24) is 20.3 Å². The monoisotopic (exact) mass is 497 g/mol. The first-order valence-electron chi connectivity index (χ1n) is 11.8. The summed E-state index contributed by atoms with van der Waals surface area (Å²) in [7, 11) is 1.56. The Morgan fingerprint density at radius 2 is 1.62 bits per heavy atom. The number of alkyl halides is 1. The number of hydrogen-bond donors (Lipinski definition) is 2. The maximum atomic E-state index is 14.3. The molecule has 188 valence electrons. The van der Waals surface area contributed by atoms with Crippen LogP contribution in [0.2, 0.25) is 0 Å². The summed E-state index contributed by atoms with van der Waals surface area (Å²) in [6, 6.07) is 16.1. The van der Waals surface area contributed by atoms with Gasteiger partial charge in [0.25, 0.3) is 11.8 Å². The van der Waals surface area contributed by atoms with Crippen molar-refractivity contribution in [3.8, 4) is 22.4 Å². The van der Waals surface area contributed by atoms with Crippen molar-refractivity contribution >= 4 is 17.5 Å². The van der Waals surface area contributed by atoms with E-state index in [1.54, 1.807) is 25.4 Å². The number of aryl methyl sites for hydroxylation is 2. The second-order valence-corrected chi connectivity index (χ2v) is 9.28. The number of carbonyl (C=O) groups is 2. The number of benzene rings is 1. The van der Waals surface area contributed by atoms with Gasteiger partial charge in [-0.25, -0.2) is 4.39 Å². The van der Waals surface area contributed by atoms with E-state index in [0.29, 0.717) is 22.6 Å². The molecular weight excluding hydrogens is 469 g/mol. The second-order valence-electron chi connectivity index (χ2n) is 9.28. The number of hydrogen-bond acceptors (Lipinski definition) is 5. The molecule has 1 aromatic carbocycles. The zero-order valence-electron chi connectivity index (χ0n) is 21.4. The molecule has 3 heterocycles. The predicted molar refractivity (Wildman–Crippen MR) is 142 cm³/mol. The molecule has 0 unspecified atom stereocenters. The molecule has 0 atom stereocenters. The molecule has 3 aromatic heterocycles. The summed E-state index contributed by atoms with van der Waals surface area (Å²) in [6.07, 6.45) is 3.02. The number of aromatic nitrogens is 3. The van der Waals surface area contributed by atoms with Crippen molar-refractivity contribution in [1.29, 1.82) is 0 Å². The molecule has 2 N–H and O–H groups in total. The van der Waals surface area contributed by atoms with Crippen molar-refractivity contribution in [2.45, 2.75) is 33.4 Å². The van der Waals surface area contributed by atoms with Gasteiger partial charge in [0.05, 0.1) is 11.4 Å². The highest BCUT2D eigenvalue weighted by atomic mass is 19.1. The minimum atomic E-state index is -1.65. The number of amides is 2. The lowest BCUT2D eigenvalue weighted by atomic mass is 9.97. The highest BCUT2D eigenvalue weighted by Gasteiger charge is 2.22. The predicted octanol–water partition coefficient (Wildman–Crippen LogP) is 5.64. The Morgan fingerprint density at radius 3 is 2.35 bits per heavy atom. The van der Waals surface area contributed by atoms with Crippen LogP contribution in [0.3, 0.4) is 0 Å². The van der Waals surface area contributed by atoms with Crippen LogP contribution >= 0.6 is 0 Å². The van der Waals surface area contributed by atoms with E-state index < -0.39 is 5.67 Å². The summed E-state index contributed by atoms with van der Waals surface area (Å²) < 4.78 is 14.3. The van der Waals surface area contributed by atoms with Gasteiger partial charge in [-0.15, -0.1) is 0 Å². The van der Waals surface area contributed by atoms with Gasteiger partial charge in [-0.3, -0.25) is 24.5 Å². The smallest absolute Gasteiger partial charge is 0.269 e. The summed E-state index contributed by atoms with van der Waals surface area (Å²) >= 11 is 0. The number of nitrogens with zero attached hydrogens (tertiary/aromatic N) is 3. The Balaban J connectivity index is 1.67. The molecule has 0 saturated heterocycles. The zero-order chi connectivity index (χ0) is 26.7. The summed E-state index contributed by atoms with van der Waals surface area (Å²) in [5.74, 6) is -0.627. The molecule has 0 aliphatic heterocycles. The molecular formula is C29H28FN5O2. The van der Waals surface area contributed by atoms with Gasteiger partial charge < -0.3 is 10.6 Å². The third kappa shape index (κ3) is 5.86. The normalized spacial score (nSPS) is 11.2. The van der Waals surface area contributed by atoms with Crippen LogP contribution in [0.25, 0.3) is 22.4 Å². The minimum absolute atomic E-state index is 0.195. The van der Waals surface area contributed by atoms with Gasteiger partial charge in [0.15, 0.2) is 0 Å². The lowest BCUT2D eigenvalue weighted by Gasteiger charge is -2.15. The molecule has 4 aromatic rings. The van der Waals surface area contributed by atoms with Gasteiger partial charge in [-0.2, -0.15) is 0 Å². The highest BCUT2D eigenvalue weighted by Crippen LogP contribution is 2.31.